The van der Waals surface area contributed by atoms with E-state index in [1.54, 1.807) is 6.07 Å². The van der Waals surface area contributed by atoms with Crippen molar-refractivity contribution in [3.05, 3.63) is 28.8 Å². The first kappa shape index (κ1) is 15.1. The van der Waals surface area contributed by atoms with Gasteiger partial charge in [-0.3, -0.25) is 0 Å². The standard InChI is InChI=1S/C15H17Cl2FN2O/c1-8(16)15-19-12-6-10(17)11(18)7-13(12)20(15)9(2)14-4-3-5-21-14/h6-9,14H,3-5H2,1-2H3. The van der Waals surface area contributed by atoms with Gasteiger partial charge in [0.15, 0.2) is 0 Å². The number of rotatable bonds is 3. The van der Waals surface area contributed by atoms with E-state index in [4.69, 9.17) is 27.9 Å². The summed E-state index contributed by atoms with van der Waals surface area (Å²) in [7, 11) is 0. The van der Waals surface area contributed by atoms with Crippen molar-refractivity contribution in [2.75, 3.05) is 6.61 Å². The minimum absolute atomic E-state index is 0.0503. The number of benzene rings is 1. The molecule has 0 radical (unpaired) electrons. The van der Waals surface area contributed by atoms with Gasteiger partial charge >= 0.3 is 0 Å². The number of hydrogen-bond donors (Lipinski definition) is 0. The van der Waals surface area contributed by atoms with Gasteiger partial charge in [0.2, 0.25) is 0 Å². The van der Waals surface area contributed by atoms with Gasteiger partial charge in [-0.05, 0) is 32.8 Å². The summed E-state index contributed by atoms with van der Waals surface area (Å²) in [5, 5.41) is -0.200. The Kier molecular flexibility index (Phi) is 4.12. The van der Waals surface area contributed by atoms with Crippen LogP contribution in [0.3, 0.4) is 0 Å². The Labute approximate surface area is 133 Å². The van der Waals surface area contributed by atoms with Crippen LogP contribution in [0.5, 0.6) is 0 Å². The van der Waals surface area contributed by atoms with Crippen molar-refractivity contribution in [2.45, 2.75) is 44.2 Å². The van der Waals surface area contributed by atoms with E-state index in [1.807, 2.05) is 11.5 Å². The molecule has 0 amide bonds. The molecule has 3 unspecified atom stereocenters. The van der Waals surface area contributed by atoms with E-state index in [9.17, 15) is 4.39 Å². The summed E-state index contributed by atoms with van der Waals surface area (Å²) < 4.78 is 21.6. The van der Waals surface area contributed by atoms with Crippen LogP contribution in [-0.4, -0.2) is 22.3 Å². The zero-order valence-electron chi connectivity index (χ0n) is 11.9. The third-order valence-corrected chi connectivity index (χ3v) is 4.51. The lowest BCUT2D eigenvalue weighted by Crippen LogP contribution is -2.22. The number of hydrogen-bond acceptors (Lipinski definition) is 2. The highest BCUT2D eigenvalue weighted by Gasteiger charge is 2.28. The van der Waals surface area contributed by atoms with Crippen LogP contribution in [-0.2, 0) is 4.74 Å². The average Bonchev–Trinajstić information content (AvgIpc) is 3.06. The second-order valence-corrected chi connectivity index (χ2v) is 6.56. The molecule has 1 aromatic carbocycles. The molecule has 0 bridgehead atoms. The number of alkyl halides is 1. The smallest absolute Gasteiger partial charge is 0.144 e. The van der Waals surface area contributed by atoms with Crippen molar-refractivity contribution < 1.29 is 9.13 Å². The van der Waals surface area contributed by atoms with Gasteiger partial charge < -0.3 is 9.30 Å². The Balaban J connectivity index is 2.17. The highest BCUT2D eigenvalue weighted by Crippen LogP contribution is 2.34. The zero-order valence-corrected chi connectivity index (χ0v) is 13.5. The molecule has 1 aliphatic heterocycles. The quantitative estimate of drug-likeness (QED) is 0.751. The van der Waals surface area contributed by atoms with Crippen LogP contribution in [0.4, 0.5) is 4.39 Å². The largest absolute Gasteiger partial charge is 0.376 e. The molecular formula is C15H17Cl2FN2O. The van der Waals surface area contributed by atoms with Crippen LogP contribution < -0.4 is 0 Å². The molecular weight excluding hydrogens is 314 g/mol. The van der Waals surface area contributed by atoms with Gasteiger partial charge in [-0.25, -0.2) is 9.37 Å². The van der Waals surface area contributed by atoms with Gasteiger partial charge in [-0.15, -0.1) is 11.6 Å². The fraction of sp³-hybridized carbons (Fsp3) is 0.533. The van der Waals surface area contributed by atoms with E-state index >= 15 is 0 Å². The van der Waals surface area contributed by atoms with E-state index < -0.39 is 5.82 Å². The first-order valence-corrected chi connectivity index (χ1v) is 7.93. The molecule has 0 saturated carbocycles. The molecule has 21 heavy (non-hydrogen) atoms. The summed E-state index contributed by atoms with van der Waals surface area (Å²) in [6.07, 6.45) is 2.15. The van der Waals surface area contributed by atoms with Crippen molar-refractivity contribution >= 4 is 34.2 Å². The van der Waals surface area contributed by atoms with Gasteiger partial charge in [-0.1, -0.05) is 11.6 Å². The predicted octanol–water partition coefficient (Wildman–Crippen LogP) is 4.87. The molecule has 3 nitrogen and oxygen atoms in total. The van der Waals surface area contributed by atoms with Crippen LogP contribution in [0.1, 0.15) is 43.9 Å². The van der Waals surface area contributed by atoms with Crippen LogP contribution in [0.2, 0.25) is 5.02 Å². The normalized spacial score (nSPS) is 21.9. The zero-order chi connectivity index (χ0) is 15.1. The van der Waals surface area contributed by atoms with Gasteiger partial charge in [0, 0.05) is 12.7 Å². The number of imidazole rings is 1. The Morgan fingerprint density at radius 3 is 2.81 bits per heavy atom. The molecule has 2 aromatic rings. The highest BCUT2D eigenvalue weighted by molar-refractivity contribution is 6.31. The Bertz CT molecular complexity index is 665. The van der Waals surface area contributed by atoms with E-state index in [0.717, 1.165) is 25.3 Å². The fourth-order valence-electron chi connectivity index (χ4n) is 2.97. The maximum Gasteiger partial charge on any atom is 0.144 e. The number of aromatic nitrogens is 2. The van der Waals surface area contributed by atoms with Crippen molar-refractivity contribution in [3.63, 3.8) is 0 Å². The maximum atomic E-state index is 13.8. The molecule has 3 atom stereocenters. The van der Waals surface area contributed by atoms with Crippen LogP contribution in [0.25, 0.3) is 11.0 Å². The van der Waals surface area contributed by atoms with Gasteiger partial charge in [0.25, 0.3) is 0 Å². The first-order valence-electron chi connectivity index (χ1n) is 7.11. The molecule has 1 aliphatic rings. The molecule has 1 saturated heterocycles. The molecule has 2 heterocycles. The summed E-state index contributed by atoms with van der Waals surface area (Å²) in [5.74, 6) is 0.273. The predicted molar refractivity (Wildman–Crippen MR) is 82.7 cm³/mol. The molecule has 0 aliphatic carbocycles. The van der Waals surface area contributed by atoms with Crippen LogP contribution in [0.15, 0.2) is 12.1 Å². The Hall–Kier alpha value is -0.840. The second-order valence-electron chi connectivity index (χ2n) is 5.50. The molecule has 0 N–H and O–H groups in total. The van der Waals surface area contributed by atoms with E-state index in [-0.39, 0.29) is 22.5 Å². The molecule has 0 spiro atoms. The number of halogens is 3. The maximum absolute atomic E-state index is 13.8. The topological polar surface area (TPSA) is 27.1 Å². The summed E-state index contributed by atoms with van der Waals surface area (Å²) >= 11 is 12.1. The fourth-order valence-corrected chi connectivity index (χ4v) is 3.28. The lowest BCUT2D eigenvalue weighted by molar-refractivity contribution is 0.0736. The van der Waals surface area contributed by atoms with Crippen molar-refractivity contribution in [1.82, 2.24) is 9.55 Å². The Morgan fingerprint density at radius 2 is 2.19 bits per heavy atom. The van der Waals surface area contributed by atoms with Crippen molar-refractivity contribution in [3.8, 4) is 0 Å². The van der Waals surface area contributed by atoms with E-state index in [1.165, 1.54) is 6.07 Å². The molecule has 6 heteroatoms. The highest BCUT2D eigenvalue weighted by atomic mass is 35.5. The van der Waals surface area contributed by atoms with E-state index in [0.29, 0.717) is 11.0 Å². The van der Waals surface area contributed by atoms with Crippen LogP contribution in [0, 0.1) is 5.82 Å². The van der Waals surface area contributed by atoms with Crippen molar-refractivity contribution in [1.29, 1.82) is 0 Å². The SMILES string of the molecule is CC(Cl)c1nc2cc(Cl)c(F)cc2n1C(C)C1CCCO1. The average molecular weight is 331 g/mol. The molecule has 1 fully saturated rings. The lowest BCUT2D eigenvalue weighted by atomic mass is 10.1. The summed E-state index contributed by atoms with van der Waals surface area (Å²) in [6.45, 7) is 4.69. The lowest BCUT2D eigenvalue weighted by Gasteiger charge is -2.23. The van der Waals surface area contributed by atoms with Gasteiger partial charge in [-0.2, -0.15) is 0 Å². The second kappa shape index (κ2) is 5.75. The number of fused-ring (bicyclic) bond motifs is 1. The molecule has 114 valence electrons. The van der Waals surface area contributed by atoms with Crippen molar-refractivity contribution in [2.24, 2.45) is 0 Å². The summed E-state index contributed by atoms with van der Waals surface area (Å²) in [4.78, 5) is 4.53. The van der Waals surface area contributed by atoms with Gasteiger partial charge in [0.05, 0.1) is 33.6 Å². The monoisotopic (exact) mass is 330 g/mol. The third-order valence-electron chi connectivity index (χ3n) is 4.02. The number of nitrogens with zero attached hydrogens (tertiary/aromatic N) is 2. The minimum atomic E-state index is -0.446. The van der Waals surface area contributed by atoms with Gasteiger partial charge in [0.1, 0.15) is 11.6 Å². The van der Waals surface area contributed by atoms with Crippen LogP contribution >= 0.6 is 23.2 Å². The number of ether oxygens (including phenoxy) is 1. The molecule has 1 aromatic heterocycles. The summed E-state index contributed by atoms with van der Waals surface area (Å²) in [5.41, 5.74) is 1.37. The Morgan fingerprint density at radius 1 is 1.43 bits per heavy atom. The third kappa shape index (κ3) is 2.65. The summed E-state index contributed by atoms with van der Waals surface area (Å²) in [6, 6.07) is 3.03. The van der Waals surface area contributed by atoms with E-state index in [2.05, 4.69) is 11.9 Å². The minimum Gasteiger partial charge on any atom is -0.376 e. The first-order chi connectivity index (χ1) is 9.99. The molecule has 3 rings (SSSR count).